The van der Waals surface area contributed by atoms with E-state index >= 15 is 0 Å². The predicted octanol–water partition coefficient (Wildman–Crippen LogP) is 5.32. The smallest absolute Gasteiger partial charge is 0.225 e. The van der Waals surface area contributed by atoms with Crippen molar-refractivity contribution in [3.8, 4) is 0 Å². The molecule has 0 aliphatic carbocycles. The highest BCUT2D eigenvalue weighted by Gasteiger charge is 2.32. The third kappa shape index (κ3) is 7.06. The summed E-state index contributed by atoms with van der Waals surface area (Å²) in [6.07, 6.45) is 15.6. The van der Waals surface area contributed by atoms with Gasteiger partial charge in [-0.3, -0.25) is 0 Å². The van der Waals surface area contributed by atoms with Gasteiger partial charge in [-0.2, -0.15) is 0 Å². The van der Waals surface area contributed by atoms with E-state index in [1.807, 2.05) is 0 Å². The van der Waals surface area contributed by atoms with Crippen LogP contribution in [0.3, 0.4) is 0 Å². The molecule has 2 heterocycles. The van der Waals surface area contributed by atoms with Crippen molar-refractivity contribution < 1.29 is 0 Å². The zero-order chi connectivity index (χ0) is 19.6. The van der Waals surface area contributed by atoms with Gasteiger partial charge in [-0.25, -0.2) is 9.97 Å². The zero-order valence-corrected chi connectivity index (χ0v) is 18.5. The molecule has 0 radical (unpaired) electrons. The van der Waals surface area contributed by atoms with Crippen molar-refractivity contribution in [2.24, 2.45) is 5.92 Å². The van der Waals surface area contributed by atoms with Gasteiger partial charge in [0.1, 0.15) is 0 Å². The van der Waals surface area contributed by atoms with E-state index in [0.29, 0.717) is 12.1 Å². The van der Waals surface area contributed by atoms with E-state index in [0.717, 1.165) is 44.2 Å². The third-order valence-corrected chi connectivity index (χ3v) is 5.94. The first kappa shape index (κ1) is 22.1. The van der Waals surface area contributed by atoms with E-state index in [2.05, 4.69) is 56.9 Å². The number of aromatic nitrogens is 2. The van der Waals surface area contributed by atoms with E-state index in [4.69, 9.17) is 9.97 Å². The first-order chi connectivity index (χ1) is 13.0. The molecule has 4 heteroatoms. The van der Waals surface area contributed by atoms with Crippen LogP contribution < -0.4 is 4.90 Å². The first-order valence-corrected chi connectivity index (χ1v) is 11.3. The van der Waals surface area contributed by atoms with E-state index in [-0.39, 0.29) is 0 Å². The second kappa shape index (κ2) is 11.6. The van der Waals surface area contributed by atoms with Gasteiger partial charge in [0.25, 0.3) is 0 Å². The van der Waals surface area contributed by atoms with Crippen LogP contribution in [0.1, 0.15) is 84.6 Å². The molecular weight excluding hydrogens is 332 g/mol. The van der Waals surface area contributed by atoms with Crippen molar-refractivity contribution in [3.05, 3.63) is 18.0 Å². The highest BCUT2D eigenvalue weighted by Crippen LogP contribution is 2.24. The molecule has 2 unspecified atom stereocenters. The first-order valence-electron chi connectivity index (χ1n) is 11.3. The maximum absolute atomic E-state index is 4.77. The fourth-order valence-electron chi connectivity index (χ4n) is 4.27. The monoisotopic (exact) mass is 374 g/mol. The highest BCUT2D eigenvalue weighted by molar-refractivity contribution is 5.35. The molecule has 1 aliphatic heterocycles. The molecule has 1 aromatic rings. The Morgan fingerprint density at radius 3 is 2.04 bits per heavy atom. The van der Waals surface area contributed by atoms with Crippen molar-refractivity contribution in [1.82, 2.24) is 14.9 Å². The van der Waals surface area contributed by atoms with Gasteiger partial charge in [-0.05, 0) is 44.2 Å². The van der Waals surface area contributed by atoms with Crippen molar-refractivity contribution in [2.75, 3.05) is 25.0 Å². The minimum atomic E-state index is 0.519. The van der Waals surface area contributed by atoms with Crippen molar-refractivity contribution in [2.45, 2.75) is 97.6 Å². The number of nitrogens with zero attached hydrogens (tertiary/aromatic N) is 4. The topological polar surface area (TPSA) is 32.3 Å². The maximum Gasteiger partial charge on any atom is 0.225 e. The molecule has 2 rings (SSSR count). The van der Waals surface area contributed by atoms with Gasteiger partial charge in [0.2, 0.25) is 5.95 Å². The summed E-state index contributed by atoms with van der Waals surface area (Å²) in [5, 5.41) is 0. The quantitative estimate of drug-likeness (QED) is 0.490. The van der Waals surface area contributed by atoms with E-state index in [1.54, 1.807) is 0 Å². The molecule has 1 aliphatic rings. The number of anilines is 1. The number of hydrogen-bond acceptors (Lipinski definition) is 4. The normalized spacial score (nSPS) is 21.2. The Morgan fingerprint density at radius 1 is 0.926 bits per heavy atom. The molecule has 2 atom stereocenters. The standard InChI is InChI=1S/C23H42N4/c1-6-21-17-26(5)18-22(7-2)27(21)23-24-15-20(16-25-23)14-12-10-8-9-11-13-19(3)4/h15-16,19,21-22H,6-14,17-18H2,1-5H3. The van der Waals surface area contributed by atoms with Crippen molar-refractivity contribution >= 4 is 5.95 Å². The fraction of sp³-hybridized carbons (Fsp3) is 0.826. The molecule has 0 N–H and O–H groups in total. The molecule has 0 bridgehead atoms. The van der Waals surface area contributed by atoms with Crippen LogP contribution in [0.15, 0.2) is 12.4 Å². The zero-order valence-electron chi connectivity index (χ0n) is 18.5. The molecule has 1 saturated heterocycles. The van der Waals surface area contributed by atoms with Crippen LogP contribution in [0, 0.1) is 5.92 Å². The van der Waals surface area contributed by atoms with Crippen LogP contribution in [0.4, 0.5) is 5.95 Å². The van der Waals surface area contributed by atoms with E-state index < -0.39 is 0 Å². The van der Waals surface area contributed by atoms with Crippen LogP contribution in [0.2, 0.25) is 0 Å². The van der Waals surface area contributed by atoms with Gasteiger partial charge in [-0.1, -0.05) is 59.8 Å². The Morgan fingerprint density at radius 2 is 1.48 bits per heavy atom. The molecule has 27 heavy (non-hydrogen) atoms. The molecule has 154 valence electrons. The average Bonchev–Trinajstić information content (AvgIpc) is 2.66. The second-order valence-electron chi connectivity index (χ2n) is 8.84. The van der Waals surface area contributed by atoms with Crippen LogP contribution in [-0.2, 0) is 6.42 Å². The lowest BCUT2D eigenvalue weighted by molar-refractivity contribution is 0.217. The van der Waals surface area contributed by atoms with Gasteiger partial charge >= 0.3 is 0 Å². The highest BCUT2D eigenvalue weighted by atomic mass is 15.4. The fourth-order valence-corrected chi connectivity index (χ4v) is 4.27. The Bertz CT molecular complexity index is 500. The van der Waals surface area contributed by atoms with Gasteiger partial charge in [0.15, 0.2) is 0 Å². The van der Waals surface area contributed by atoms with Gasteiger partial charge in [-0.15, -0.1) is 0 Å². The molecular formula is C23H42N4. The maximum atomic E-state index is 4.77. The lowest BCUT2D eigenvalue weighted by atomic mass is 10.0. The molecule has 0 amide bonds. The van der Waals surface area contributed by atoms with Crippen molar-refractivity contribution in [3.63, 3.8) is 0 Å². The number of likely N-dealkylation sites (N-methyl/N-ethyl adjacent to an activating group) is 1. The molecule has 0 aromatic carbocycles. The summed E-state index contributed by atoms with van der Waals surface area (Å²) in [4.78, 5) is 14.5. The van der Waals surface area contributed by atoms with Crippen LogP contribution in [-0.4, -0.2) is 47.1 Å². The van der Waals surface area contributed by atoms with Gasteiger partial charge < -0.3 is 9.80 Å². The van der Waals surface area contributed by atoms with Crippen LogP contribution in [0.25, 0.3) is 0 Å². The van der Waals surface area contributed by atoms with Crippen molar-refractivity contribution in [1.29, 1.82) is 0 Å². The third-order valence-electron chi connectivity index (χ3n) is 5.94. The lowest BCUT2D eigenvalue weighted by Gasteiger charge is -2.45. The van der Waals surface area contributed by atoms with Gasteiger partial charge in [0, 0.05) is 37.6 Å². The summed E-state index contributed by atoms with van der Waals surface area (Å²) >= 11 is 0. The SMILES string of the molecule is CCC1CN(C)CC(CC)N1c1ncc(CCCCCCCC(C)C)cn1. The summed E-state index contributed by atoms with van der Waals surface area (Å²) in [5.74, 6) is 1.78. The van der Waals surface area contributed by atoms with Crippen LogP contribution >= 0.6 is 0 Å². The van der Waals surface area contributed by atoms with E-state index in [9.17, 15) is 0 Å². The Hall–Kier alpha value is -1.16. The molecule has 1 fully saturated rings. The summed E-state index contributed by atoms with van der Waals surface area (Å²) < 4.78 is 0. The minimum absolute atomic E-state index is 0.519. The van der Waals surface area contributed by atoms with Gasteiger partial charge in [0.05, 0.1) is 0 Å². The second-order valence-corrected chi connectivity index (χ2v) is 8.84. The largest absolute Gasteiger partial charge is 0.332 e. The predicted molar refractivity (Wildman–Crippen MR) is 116 cm³/mol. The number of piperazine rings is 1. The summed E-state index contributed by atoms with van der Waals surface area (Å²) in [7, 11) is 2.23. The number of rotatable bonds is 11. The number of unbranched alkanes of at least 4 members (excludes halogenated alkanes) is 4. The van der Waals surface area contributed by atoms with Crippen LogP contribution in [0.5, 0.6) is 0 Å². The molecule has 1 aromatic heterocycles. The summed E-state index contributed by atoms with van der Waals surface area (Å²) in [6.45, 7) is 11.4. The average molecular weight is 375 g/mol. The molecule has 0 spiro atoms. The Labute approximate surface area is 167 Å². The molecule has 4 nitrogen and oxygen atoms in total. The molecule has 0 saturated carbocycles. The number of aryl methyl sites for hydroxylation is 1. The van der Waals surface area contributed by atoms with E-state index in [1.165, 1.54) is 44.1 Å². The Balaban J connectivity index is 1.81. The summed E-state index contributed by atoms with van der Waals surface area (Å²) in [5.41, 5.74) is 1.29. The lowest BCUT2D eigenvalue weighted by Crippen LogP contribution is -2.58. The summed E-state index contributed by atoms with van der Waals surface area (Å²) in [6, 6.07) is 1.04. The number of hydrogen-bond donors (Lipinski definition) is 0. The Kier molecular flexibility index (Phi) is 9.53. The minimum Gasteiger partial charge on any atom is -0.332 e.